The van der Waals surface area contributed by atoms with E-state index in [2.05, 4.69) is 25.3 Å². The van der Waals surface area contributed by atoms with Gasteiger partial charge in [0, 0.05) is 6.54 Å². The zero-order chi connectivity index (χ0) is 15.5. The molecule has 1 aliphatic heterocycles. The second kappa shape index (κ2) is 6.27. The van der Waals surface area contributed by atoms with Gasteiger partial charge in [0.25, 0.3) is 0 Å². The Morgan fingerprint density at radius 1 is 1.45 bits per heavy atom. The summed E-state index contributed by atoms with van der Waals surface area (Å²) in [5, 5.41) is 24.7. The highest BCUT2D eigenvalue weighted by Gasteiger charge is 2.29. The van der Waals surface area contributed by atoms with Gasteiger partial charge in [-0.25, -0.2) is 4.79 Å². The van der Waals surface area contributed by atoms with E-state index in [1.54, 1.807) is 11.0 Å². The summed E-state index contributed by atoms with van der Waals surface area (Å²) in [6.45, 7) is 4.33. The fourth-order valence-electron chi connectivity index (χ4n) is 2.99. The van der Waals surface area contributed by atoms with Crippen LogP contribution in [0.25, 0.3) is 0 Å². The SMILES string of the molecule is CCn1ncc(CN2CCCCC2c2[nH]ncc2C(=O)O)n1. The first-order chi connectivity index (χ1) is 10.7. The summed E-state index contributed by atoms with van der Waals surface area (Å²) < 4.78 is 0. The van der Waals surface area contributed by atoms with E-state index in [4.69, 9.17) is 0 Å². The Morgan fingerprint density at radius 3 is 3.05 bits per heavy atom. The molecule has 0 bridgehead atoms. The molecule has 1 atom stereocenters. The van der Waals surface area contributed by atoms with Gasteiger partial charge in [0.1, 0.15) is 5.56 Å². The van der Waals surface area contributed by atoms with Crippen LogP contribution >= 0.6 is 0 Å². The molecule has 1 unspecified atom stereocenters. The summed E-state index contributed by atoms with van der Waals surface area (Å²) in [4.78, 5) is 15.2. The van der Waals surface area contributed by atoms with Crippen LogP contribution in [0.3, 0.4) is 0 Å². The van der Waals surface area contributed by atoms with Gasteiger partial charge >= 0.3 is 5.97 Å². The Kier molecular flexibility index (Phi) is 4.19. The summed E-state index contributed by atoms with van der Waals surface area (Å²) in [6.07, 6.45) is 6.28. The zero-order valence-electron chi connectivity index (χ0n) is 12.6. The van der Waals surface area contributed by atoms with Gasteiger partial charge in [0.2, 0.25) is 0 Å². The zero-order valence-corrected chi connectivity index (χ0v) is 12.6. The molecule has 0 radical (unpaired) electrons. The quantitative estimate of drug-likeness (QED) is 0.867. The standard InChI is InChI=1S/C14H20N6O2/c1-2-20-16-7-10(18-20)9-19-6-4-3-5-12(19)13-11(14(21)22)8-15-17-13/h7-8,12H,2-6,9H2,1H3,(H,15,17)(H,21,22). The molecule has 8 heteroatoms. The number of carboxylic acid groups (broad SMARTS) is 1. The fourth-order valence-corrected chi connectivity index (χ4v) is 2.99. The van der Waals surface area contributed by atoms with Crippen LogP contribution < -0.4 is 0 Å². The van der Waals surface area contributed by atoms with Crippen molar-refractivity contribution in [3.63, 3.8) is 0 Å². The minimum Gasteiger partial charge on any atom is -0.478 e. The van der Waals surface area contributed by atoms with Gasteiger partial charge in [-0.05, 0) is 26.3 Å². The number of aryl methyl sites for hydroxylation is 1. The van der Waals surface area contributed by atoms with Gasteiger partial charge in [0.05, 0.1) is 36.4 Å². The number of aromatic amines is 1. The van der Waals surface area contributed by atoms with Gasteiger partial charge in [-0.3, -0.25) is 10.00 Å². The van der Waals surface area contributed by atoms with Crippen LogP contribution in [0.2, 0.25) is 0 Å². The maximum absolute atomic E-state index is 11.3. The molecule has 118 valence electrons. The maximum Gasteiger partial charge on any atom is 0.339 e. The molecule has 0 amide bonds. The van der Waals surface area contributed by atoms with Crippen molar-refractivity contribution in [2.75, 3.05) is 6.54 Å². The lowest BCUT2D eigenvalue weighted by Gasteiger charge is -2.34. The predicted octanol–water partition coefficient (Wildman–Crippen LogP) is 1.45. The average Bonchev–Trinajstić information content (AvgIpc) is 3.16. The first-order valence-electron chi connectivity index (χ1n) is 7.58. The number of aromatic nitrogens is 5. The van der Waals surface area contributed by atoms with Crippen LogP contribution in [0, 0.1) is 0 Å². The molecule has 1 saturated heterocycles. The summed E-state index contributed by atoms with van der Waals surface area (Å²) in [5.74, 6) is -0.939. The van der Waals surface area contributed by atoms with Crippen molar-refractivity contribution in [1.29, 1.82) is 0 Å². The Hall–Kier alpha value is -2.22. The third-order valence-corrected chi connectivity index (χ3v) is 4.08. The van der Waals surface area contributed by atoms with E-state index < -0.39 is 5.97 Å². The highest BCUT2D eigenvalue weighted by molar-refractivity contribution is 5.88. The lowest BCUT2D eigenvalue weighted by molar-refractivity contribution is 0.0688. The van der Waals surface area contributed by atoms with E-state index in [9.17, 15) is 9.90 Å². The molecule has 3 heterocycles. The molecule has 0 saturated carbocycles. The molecule has 8 nitrogen and oxygen atoms in total. The average molecular weight is 304 g/mol. The van der Waals surface area contributed by atoms with Crippen LogP contribution in [0.1, 0.15) is 54.0 Å². The first kappa shape index (κ1) is 14.7. The van der Waals surface area contributed by atoms with Crippen molar-refractivity contribution in [2.45, 2.75) is 45.3 Å². The number of piperidine rings is 1. The van der Waals surface area contributed by atoms with Gasteiger partial charge < -0.3 is 5.11 Å². The number of aromatic carboxylic acids is 1. The minimum absolute atomic E-state index is 0.0362. The Labute approximate surface area is 128 Å². The number of nitrogens with one attached hydrogen (secondary N) is 1. The molecule has 22 heavy (non-hydrogen) atoms. The molecule has 2 N–H and O–H groups in total. The van der Waals surface area contributed by atoms with E-state index in [0.29, 0.717) is 12.2 Å². The van der Waals surface area contributed by atoms with Gasteiger partial charge in [-0.15, -0.1) is 0 Å². The Bertz CT molecular complexity index is 649. The molecule has 0 aliphatic carbocycles. The van der Waals surface area contributed by atoms with Crippen LogP contribution in [0.5, 0.6) is 0 Å². The van der Waals surface area contributed by atoms with Crippen LogP contribution in [0.4, 0.5) is 0 Å². The smallest absolute Gasteiger partial charge is 0.339 e. The number of nitrogens with zero attached hydrogens (tertiary/aromatic N) is 5. The molecular weight excluding hydrogens is 284 g/mol. The predicted molar refractivity (Wildman–Crippen MR) is 78.2 cm³/mol. The molecular formula is C14H20N6O2. The number of rotatable bonds is 5. The lowest BCUT2D eigenvalue weighted by Crippen LogP contribution is -2.34. The Morgan fingerprint density at radius 2 is 2.32 bits per heavy atom. The van der Waals surface area contributed by atoms with Crippen molar-refractivity contribution in [2.24, 2.45) is 0 Å². The number of hydrogen-bond acceptors (Lipinski definition) is 5. The van der Waals surface area contributed by atoms with Crippen molar-refractivity contribution < 1.29 is 9.90 Å². The normalized spacial score (nSPS) is 19.4. The molecule has 0 spiro atoms. The Balaban J connectivity index is 1.81. The molecule has 2 aromatic heterocycles. The van der Waals surface area contributed by atoms with Crippen LogP contribution in [-0.2, 0) is 13.1 Å². The number of carboxylic acids is 1. The summed E-state index contributed by atoms with van der Waals surface area (Å²) in [7, 11) is 0. The summed E-state index contributed by atoms with van der Waals surface area (Å²) in [6, 6.07) is 0.0362. The van der Waals surface area contributed by atoms with E-state index in [1.807, 2.05) is 6.92 Å². The third-order valence-electron chi connectivity index (χ3n) is 4.08. The van der Waals surface area contributed by atoms with Crippen molar-refractivity contribution in [3.05, 3.63) is 29.3 Å². The molecule has 1 fully saturated rings. The van der Waals surface area contributed by atoms with Crippen LogP contribution in [0.15, 0.2) is 12.4 Å². The van der Waals surface area contributed by atoms with Crippen molar-refractivity contribution >= 4 is 5.97 Å². The highest BCUT2D eigenvalue weighted by atomic mass is 16.4. The molecule has 3 rings (SSSR count). The van der Waals surface area contributed by atoms with E-state index >= 15 is 0 Å². The van der Waals surface area contributed by atoms with E-state index in [1.165, 1.54) is 6.20 Å². The lowest BCUT2D eigenvalue weighted by atomic mass is 9.97. The summed E-state index contributed by atoms with van der Waals surface area (Å²) >= 11 is 0. The second-order valence-electron chi connectivity index (χ2n) is 5.51. The van der Waals surface area contributed by atoms with Crippen molar-refractivity contribution in [1.82, 2.24) is 30.1 Å². The van der Waals surface area contributed by atoms with E-state index in [0.717, 1.165) is 38.0 Å². The van der Waals surface area contributed by atoms with Gasteiger partial charge in [-0.2, -0.15) is 20.1 Å². The minimum atomic E-state index is -0.939. The van der Waals surface area contributed by atoms with Crippen molar-refractivity contribution in [3.8, 4) is 0 Å². The van der Waals surface area contributed by atoms with E-state index in [-0.39, 0.29) is 11.6 Å². The topological polar surface area (TPSA) is 99.9 Å². The molecule has 1 aliphatic rings. The number of likely N-dealkylation sites (tertiary alicyclic amines) is 1. The monoisotopic (exact) mass is 304 g/mol. The largest absolute Gasteiger partial charge is 0.478 e. The summed E-state index contributed by atoms with van der Waals surface area (Å²) in [5.41, 5.74) is 1.86. The fraction of sp³-hybridized carbons (Fsp3) is 0.571. The number of carbonyl (C=O) groups is 1. The number of H-pyrrole nitrogens is 1. The molecule has 2 aromatic rings. The maximum atomic E-state index is 11.3. The third kappa shape index (κ3) is 2.87. The van der Waals surface area contributed by atoms with Gasteiger partial charge in [0.15, 0.2) is 0 Å². The number of hydrogen-bond donors (Lipinski definition) is 2. The second-order valence-corrected chi connectivity index (χ2v) is 5.51. The molecule has 0 aromatic carbocycles. The van der Waals surface area contributed by atoms with Gasteiger partial charge in [-0.1, -0.05) is 6.42 Å². The van der Waals surface area contributed by atoms with Crippen LogP contribution in [-0.4, -0.2) is 47.7 Å². The highest BCUT2D eigenvalue weighted by Crippen LogP contribution is 2.32. The first-order valence-corrected chi connectivity index (χ1v) is 7.58.